The van der Waals surface area contributed by atoms with E-state index in [1.165, 1.54) is 51.4 Å². The molecule has 0 unspecified atom stereocenters. The minimum atomic E-state index is 0.514. The molecule has 0 spiro atoms. The minimum Gasteiger partial charge on any atom is -0.457 e. The molecular weight excluding hydrogens is 208 g/mol. The van der Waals surface area contributed by atoms with Crippen molar-refractivity contribution in [2.24, 2.45) is 0 Å². The molecule has 0 bridgehead atoms. The molecule has 0 aromatic heterocycles. The van der Waals surface area contributed by atoms with Gasteiger partial charge in [-0.15, -0.1) is 11.8 Å². The molecule has 0 N–H and O–H groups in total. The van der Waals surface area contributed by atoms with Gasteiger partial charge in [0.2, 0.25) is 0 Å². The molecule has 0 aromatic carbocycles. The maximum Gasteiger partial charge on any atom is 0.293 e. The lowest BCUT2D eigenvalue weighted by molar-refractivity contribution is -0.126. The first-order valence-corrected chi connectivity index (χ1v) is 7.20. The number of hydrogen-bond donors (Lipinski definition) is 0. The Morgan fingerprint density at radius 2 is 1.60 bits per heavy atom. The topological polar surface area (TPSA) is 26.3 Å². The molecule has 0 aliphatic carbocycles. The molecule has 0 aromatic rings. The van der Waals surface area contributed by atoms with E-state index in [1.54, 1.807) is 11.8 Å². The SMILES string of the molecule is CCCCCCCCCCSCOC=O. The van der Waals surface area contributed by atoms with E-state index in [2.05, 4.69) is 11.7 Å². The summed E-state index contributed by atoms with van der Waals surface area (Å²) in [5, 5.41) is 0. The number of unbranched alkanes of at least 4 members (excludes halogenated alkanes) is 7. The molecule has 0 aliphatic rings. The lowest BCUT2D eigenvalue weighted by Crippen LogP contribution is -1.88. The molecule has 90 valence electrons. The van der Waals surface area contributed by atoms with Gasteiger partial charge in [-0.3, -0.25) is 4.79 Å². The standard InChI is InChI=1S/C12H24O2S/c1-2-3-4-5-6-7-8-9-10-15-12-14-11-13/h11H,2-10,12H2,1H3. The Morgan fingerprint density at radius 1 is 1.00 bits per heavy atom. The summed E-state index contributed by atoms with van der Waals surface area (Å²) in [5.74, 6) is 1.63. The van der Waals surface area contributed by atoms with E-state index >= 15 is 0 Å². The zero-order valence-electron chi connectivity index (χ0n) is 9.87. The zero-order valence-corrected chi connectivity index (χ0v) is 10.7. The van der Waals surface area contributed by atoms with Gasteiger partial charge < -0.3 is 4.74 Å². The molecule has 0 fully saturated rings. The largest absolute Gasteiger partial charge is 0.457 e. The van der Waals surface area contributed by atoms with Gasteiger partial charge >= 0.3 is 0 Å². The highest BCUT2D eigenvalue weighted by Gasteiger charge is 1.92. The van der Waals surface area contributed by atoms with Crippen molar-refractivity contribution in [1.29, 1.82) is 0 Å². The number of ether oxygens (including phenoxy) is 1. The summed E-state index contributed by atoms with van der Waals surface area (Å²) in [5.41, 5.74) is 0. The quantitative estimate of drug-likeness (QED) is 0.289. The Kier molecular flexibility index (Phi) is 13.7. The molecule has 0 atom stereocenters. The number of rotatable bonds is 12. The van der Waals surface area contributed by atoms with Crippen molar-refractivity contribution < 1.29 is 9.53 Å². The van der Waals surface area contributed by atoms with Crippen LogP contribution < -0.4 is 0 Å². The van der Waals surface area contributed by atoms with Crippen LogP contribution in [0.4, 0.5) is 0 Å². The second-order valence-electron chi connectivity index (χ2n) is 3.76. The average Bonchev–Trinajstić information content (AvgIpc) is 2.26. The lowest BCUT2D eigenvalue weighted by Gasteiger charge is -2.01. The predicted molar refractivity (Wildman–Crippen MR) is 67.1 cm³/mol. The van der Waals surface area contributed by atoms with E-state index in [0.717, 1.165) is 5.75 Å². The van der Waals surface area contributed by atoms with Crippen molar-refractivity contribution in [2.45, 2.75) is 58.3 Å². The van der Waals surface area contributed by atoms with Crippen LogP contribution in [-0.2, 0) is 9.53 Å². The molecule has 0 amide bonds. The third-order valence-corrected chi connectivity index (χ3v) is 3.24. The maximum atomic E-state index is 9.83. The van der Waals surface area contributed by atoms with E-state index in [9.17, 15) is 4.79 Å². The first-order chi connectivity index (χ1) is 7.41. The van der Waals surface area contributed by atoms with Gasteiger partial charge in [0, 0.05) is 0 Å². The number of hydrogen-bond acceptors (Lipinski definition) is 3. The van der Waals surface area contributed by atoms with E-state index < -0.39 is 0 Å². The normalized spacial score (nSPS) is 10.2. The van der Waals surface area contributed by atoms with Crippen LogP contribution in [0.3, 0.4) is 0 Å². The molecule has 15 heavy (non-hydrogen) atoms. The van der Waals surface area contributed by atoms with Crippen LogP contribution in [0.2, 0.25) is 0 Å². The van der Waals surface area contributed by atoms with Gasteiger partial charge in [0.1, 0.15) is 5.94 Å². The van der Waals surface area contributed by atoms with Crippen LogP contribution in [0.25, 0.3) is 0 Å². The second-order valence-corrected chi connectivity index (χ2v) is 4.82. The third-order valence-electron chi connectivity index (χ3n) is 2.36. The van der Waals surface area contributed by atoms with E-state index in [0.29, 0.717) is 12.4 Å². The summed E-state index contributed by atoms with van der Waals surface area (Å²) < 4.78 is 4.59. The Hall–Kier alpha value is -0.180. The number of thioether (sulfide) groups is 1. The summed E-state index contributed by atoms with van der Waals surface area (Å²) in [6.07, 6.45) is 10.8. The van der Waals surface area contributed by atoms with E-state index in [-0.39, 0.29) is 0 Å². The van der Waals surface area contributed by atoms with Crippen molar-refractivity contribution in [3.05, 3.63) is 0 Å². The van der Waals surface area contributed by atoms with Crippen molar-refractivity contribution >= 4 is 18.2 Å². The van der Waals surface area contributed by atoms with Crippen molar-refractivity contribution in [3.8, 4) is 0 Å². The fourth-order valence-corrected chi connectivity index (χ4v) is 2.15. The fourth-order valence-electron chi connectivity index (χ4n) is 1.47. The monoisotopic (exact) mass is 232 g/mol. The smallest absolute Gasteiger partial charge is 0.293 e. The van der Waals surface area contributed by atoms with Gasteiger partial charge in [-0.05, 0) is 12.2 Å². The minimum absolute atomic E-state index is 0.514. The molecule has 2 nitrogen and oxygen atoms in total. The lowest BCUT2D eigenvalue weighted by atomic mass is 10.1. The van der Waals surface area contributed by atoms with Crippen molar-refractivity contribution in [2.75, 3.05) is 11.7 Å². The predicted octanol–water partition coefficient (Wildman–Crippen LogP) is 3.99. The number of carbonyl (C=O) groups excluding carboxylic acids is 1. The Balaban J connectivity index is 2.83. The van der Waals surface area contributed by atoms with Crippen molar-refractivity contribution in [3.63, 3.8) is 0 Å². The van der Waals surface area contributed by atoms with Gasteiger partial charge in [0.15, 0.2) is 0 Å². The van der Waals surface area contributed by atoms with Crippen LogP contribution in [0.5, 0.6) is 0 Å². The van der Waals surface area contributed by atoms with Gasteiger partial charge in [-0.2, -0.15) is 0 Å². The van der Waals surface area contributed by atoms with Crippen LogP contribution in [0.1, 0.15) is 58.3 Å². The van der Waals surface area contributed by atoms with Gasteiger partial charge in [-0.1, -0.05) is 51.9 Å². The molecule has 0 rings (SSSR count). The summed E-state index contributed by atoms with van der Waals surface area (Å²) in [4.78, 5) is 9.83. The van der Waals surface area contributed by atoms with Gasteiger partial charge in [0.25, 0.3) is 6.47 Å². The highest BCUT2D eigenvalue weighted by molar-refractivity contribution is 7.99. The molecule has 0 saturated heterocycles. The van der Waals surface area contributed by atoms with Crippen LogP contribution in [-0.4, -0.2) is 18.2 Å². The molecule has 0 heterocycles. The first-order valence-electron chi connectivity index (χ1n) is 6.04. The summed E-state index contributed by atoms with van der Waals surface area (Å²) in [6, 6.07) is 0. The van der Waals surface area contributed by atoms with Gasteiger partial charge in [0.05, 0.1) is 0 Å². The van der Waals surface area contributed by atoms with Gasteiger partial charge in [-0.25, -0.2) is 0 Å². The molecular formula is C12H24O2S. The maximum absolute atomic E-state index is 9.83. The molecule has 0 radical (unpaired) electrons. The second kappa shape index (κ2) is 13.8. The fraction of sp³-hybridized carbons (Fsp3) is 0.917. The van der Waals surface area contributed by atoms with Crippen LogP contribution in [0, 0.1) is 0 Å². The van der Waals surface area contributed by atoms with Crippen LogP contribution in [0.15, 0.2) is 0 Å². The average molecular weight is 232 g/mol. The highest BCUT2D eigenvalue weighted by Crippen LogP contribution is 2.10. The summed E-state index contributed by atoms with van der Waals surface area (Å²) >= 11 is 1.70. The van der Waals surface area contributed by atoms with E-state index in [4.69, 9.17) is 0 Å². The van der Waals surface area contributed by atoms with E-state index in [1.807, 2.05) is 0 Å². The summed E-state index contributed by atoms with van der Waals surface area (Å²) in [6.45, 7) is 2.76. The Morgan fingerprint density at radius 3 is 2.20 bits per heavy atom. The zero-order chi connectivity index (χ0) is 11.2. The summed E-state index contributed by atoms with van der Waals surface area (Å²) in [7, 11) is 0. The first kappa shape index (κ1) is 14.8. The highest BCUT2D eigenvalue weighted by atomic mass is 32.2. The molecule has 0 saturated carbocycles. The van der Waals surface area contributed by atoms with Crippen LogP contribution >= 0.6 is 11.8 Å². The Bertz CT molecular complexity index is 129. The number of carbonyl (C=O) groups is 1. The third kappa shape index (κ3) is 13.8. The molecule has 0 aliphatic heterocycles. The Labute approximate surface area is 98.2 Å². The van der Waals surface area contributed by atoms with Crippen molar-refractivity contribution in [1.82, 2.24) is 0 Å². The molecule has 3 heteroatoms.